The van der Waals surface area contributed by atoms with Crippen LogP contribution in [0.5, 0.6) is 11.5 Å². The molecule has 5 nitrogen and oxygen atoms in total. The highest BCUT2D eigenvalue weighted by Crippen LogP contribution is 2.73. The Bertz CT molecular complexity index is 2440. The van der Waals surface area contributed by atoms with Crippen LogP contribution < -0.4 is 19.7 Å². The quantitative estimate of drug-likeness (QED) is 0.170. The molecule has 7 aromatic carbocycles. The van der Waals surface area contributed by atoms with E-state index in [1.165, 1.54) is 0 Å². The molecule has 248 valence electrons. The first-order valence-electron chi connectivity index (χ1n) is 16.9. The van der Waals surface area contributed by atoms with E-state index >= 15 is 4.57 Å². The van der Waals surface area contributed by atoms with Crippen LogP contribution in [0.2, 0.25) is 0 Å². The minimum atomic E-state index is -4.06. The highest BCUT2D eigenvalue weighted by molar-refractivity contribution is 7.77. The molecule has 0 amide bonds. The van der Waals surface area contributed by atoms with E-state index in [0.717, 1.165) is 72.7 Å². The third-order valence-corrected chi connectivity index (χ3v) is 12.5. The summed E-state index contributed by atoms with van der Waals surface area (Å²) in [6.07, 6.45) is 0. The monoisotopic (exact) mass is 683 g/mol. The molecule has 7 aromatic rings. The molecule has 9 rings (SSSR count). The SMILES string of the molecule is COc1ccc(C2(c3ccc(OC)cc3)C3=C(c4ccc(N(c5ccccc5)c5ccccc5)cc42)P(=O)(O)c2cc4ccccc4cc23)cc1. The second kappa shape index (κ2) is 11.9. The van der Waals surface area contributed by atoms with Crippen molar-refractivity contribution in [2.75, 3.05) is 19.1 Å². The molecule has 0 aromatic heterocycles. The van der Waals surface area contributed by atoms with Gasteiger partial charge < -0.3 is 19.3 Å². The molecule has 0 saturated carbocycles. The third-order valence-electron chi connectivity index (χ3n) is 10.4. The Hall–Kier alpha value is -5.87. The lowest BCUT2D eigenvalue weighted by atomic mass is 9.65. The van der Waals surface area contributed by atoms with Crippen LogP contribution in [0.25, 0.3) is 21.7 Å². The summed E-state index contributed by atoms with van der Waals surface area (Å²) in [5.74, 6) is 1.46. The molecule has 51 heavy (non-hydrogen) atoms. The van der Waals surface area contributed by atoms with Gasteiger partial charge in [0.1, 0.15) is 11.5 Å². The molecule has 0 spiro atoms. The van der Waals surface area contributed by atoms with Crippen molar-refractivity contribution in [2.24, 2.45) is 0 Å². The first-order valence-corrected chi connectivity index (χ1v) is 18.6. The zero-order chi connectivity index (χ0) is 34.7. The standard InChI is InChI=1S/C45H34NO4P/c1-49-37-22-17-32(18-23-37)45(33-19-24-38(50-2)25-20-33)41-29-36(46(34-13-5-3-6-14-34)35-15-7-4-8-16-35)21-26-39(41)44-43(45)40-27-30-11-9-10-12-31(30)28-42(40)51(44,47)48/h3-29H,1-2H3,(H,47,48). The van der Waals surface area contributed by atoms with Crippen molar-refractivity contribution < 1.29 is 18.9 Å². The topological polar surface area (TPSA) is 59.0 Å². The van der Waals surface area contributed by atoms with Gasteiger partial charge in [-0.15, -0.1) is 0 Å². The number of allylic oxidation sites excluding steroid dienone is 1. The Morgan fingerprint density at radius 2 is 1.06 bits per heavy atom. The van der Waals surface area contributed by atoms with Crippen molar-refractivity contribution in [3.8, 4) is 11.5 Å². The molecule has 1 N–H and O–H groups in total. The highest BCUT2D eigenvalue weighted by Gasteiger charge is 2.57. The van der Waals surface area contributed by atoms with E-state index in [1.807, 2.05) is 91.0 Å². The number of para-hydroxylation sites is 2. The van der Waals surface area contributed by atoms with Crippen molar-refractivity contribution in [2.45, 2.75) is 5.41 Å². The van der Waals surface area contributed by atoms with Crippen LogP contribution in [0.3, 0.4) is 0 Å². The summed E-state index contributed by atoms with van der Waals surface area (Å²) >= 11 is 0. The maximum absolute atomic E-state index is 15.1. The predicted molar refractivity (Wildman–Crippen MR) is 207 cm³/mol. The summed E-state index contributed by atoms with van der Waals surface area (Å²) in [7, 11) is -0.742. The largest absolute Gasteiger partial charge is 0.497 e. The van der Waals surface area contributed by atoms with Gasteiger partial charge in [0.25, 0.3) is 7.37 Å². The molecule has 1 atom stereocenters. The van der Waals surface area contributed by atoms with Gasteiger partial charge in [0.05, 0.1) is 24.9 Å². The number of ether oxygens (including phenoxy) is 2. The normalized spacial score (nSPS) is 16.8. The molecule has 1 aliphatic heterocycles. The number of nitrogens with zero attached hydrogens (tertiary/aromatic N) is 1. The van der Waals surface area contributed by atoms with Crippen molar-refractivity contribution in [3.63, 3.8) is 0 Å². The lowest BCUT2D eigenvalue weighted by molar-refractivity contribution is 0.414. The molecule has 0 bridgehead atoms. The highest BCUT2D eigenvalue weighted by atomic mass is 31.2. The number of methoxy groups -OCH3 is 2. The van der Waals surface area contributed by atoms with Gasteiger partial charge in [-0.2, -0.15) is 0 Å². The van der Waals surface area contributed by atoms with Gasteiger partial charge in [-0.1, -0.05) is 91.0 Å². The van der Waals surface area contributed by atoms with Gasteiger partial charge in [0.15, 0.2) is 0 Å². The fourth-order valence-electron chi connectivity index (χ4n) is 8.13. The summed E-state index contributed by atoms with van der Waals surface area (Å²) < 4.78 is 26.4. The summed E-state index contributed by atoms with van der Waals surface area (Å²) in [6.45, 7) is 0. The third kappa shape index (κ3) is 4.63. The lowest BCUT2D eigenvalue weighted by Gasteiger charge is -2.37. The van der Waals surface area contributed by atoms with Crippen molar-refractivity contribution in [1.29, 1.82) is 0 Å². The van der Waals surface area contributed by atoms with Gasteiger partial charge in [-0.05, 0) is 117 Å². The molecule has 1 heterocycles. The number of hydrogen-bond donors (Lipinski definition) is 1. The Labute approximate surface area is 297 Å². The van der Waals surface area contributed by atoms with Gasteiger partial charge >= 0.3 is 0 Å². The van der Waals surface area contributed by atoms with Crippen LogP contribution in [0.1, 0.15) is 27.8 Å². The molecule has 1 unspecified atom stereocenters. The van der Waals surface area contributed by atoms with E-state index in [1.54, 1.807) is 14.2 Å². The van der Waals surface area contributed by atoms with E-state index in [0.29, 0.717) is 10.6 Å². The molecule has 6 heteroatoms. The van der Waals surface area contributed by atoms with Gasteiger partial charge in [0, 0.05) is 22.4 Å². The summed E-state index contributed by atoms with van der Waals surface area (Å²) in [5.41, 5.74) is 7.24. The molecule has 0 radical (unpaired) electrons. The average molecular weight is 684 g/mol. The summed E-state index contributed by atoms with van der Waals surface area (Å²) in [6, 6.07) is 55.2. The average Bonchev–Trinajstić information content (AvgIpc) is 3.62. The number of fused-ring (bicyclic) bond motifs is 5. The summed E-state index contributed by atoms with van der Waals surface area (Å²) in [5, 5.41) is 2.91. The maximum atomic E-state index is 15.1. The van der Waals surface area contributed by atoms with Gasteiger partial charge in [-0.25, -0.2) is 0 Å². The first-order chi connectivity index (χ1) is 24.9. The van der Waals surface area contributed by atoms with E-state index < -0.39 is 12.8 Å². The van der Waals surface area contributed by atoms with Crippen LogP contribution in [-0.2, 0) is 9.98 Å². The van der Waals surface area contributed by atoms with Crippen molar-refractivity contribution in [1.82, 2.24) is 0 Å². The number of benzene rings is 7. The zero-order valence-corrected chi connectivity index (χ0v) is 29.0. The smallest absolute Gasteiger partial charge is 0.260 e. The molecular weight excluding hydrogens is 649 g/mol. The fraction of sp³-hybridized carbons (Fsp3) is 0.0667. The number of hydrogen-bond acceptors (Lipinski definition) is 4. The first kappa shape index (κ1) is 31.1. The molecule has 2 aliphatic rings. The van der Waals surface area contributed by atoms with E-state index in [4.69, 9.17) is 9.47 Å². The zero-order valence-electron chi connectivity index (χ0n) is 28.2. The maximum Gasteiger partial charge on any atom is 0.260 e. The molecule has 1 aliphatic carbocycles. The van der Waals surface area contributed by atoms with Crippen LogP contribution >= 0.6 is 7.37 Å². The van der Waals surface area contributed by atoms with E-state index in [2.05, 4.69) is 77.7 Å². The van der Waals surface area contributed by atoms with E-state index in [-0.39, 0.29) is 0 Å². The Morgan fingerprint density at radius 3 is 1.59 bits per heavy atom. The lowest BCUT2D eigenvalue weighted by Crippen LogP contribution is -2.30. The second-order valence-corrected chi connectivity index (χ2v) is 15.0. The van der Waals surface area contributed by atoms with Crippen LogP contribution in [0, 0.1) is 0 Å². The number of anilines is 3. The van der Waals surface area contributed by atoms with Crippen LogP contribution in [0.4, 0.5) is 17.1 Å². The van der Waals surface area contributed by atoms with Gasteiger partial charge in [-0.3, -0.25) is 4.57 Å². The Balaban J connectivity index is 1.41. The molecular formula is C45H34NO4P. The van der Waals surface area contributed by atoms with Crippen LogP contribution in [-0.4, -0.2) is 19.1 Å². The van der Waals surface area contributed by atoms with Crippen LogP contribution in [0.15, 0.2) is 164 Å². The minimum absolute atomic E-state index is 0.475. The second-order valence-electron chi connectivity index (χ2n) is 13.0. The summed E-state index contributed by atoms with van der Waals surface area (Å²) in [4.78, 5) is 14.6. The number of rotatable bonds is 7. The van der Waals surface area contributed by atoms with Crippen molar-refractivity contribution in [3.05, 3.63) is 192 Å². The Morgan fingerprint density at radius 1 is 0.549 bits per heavy atom. The van der Waals surface area contributed by atoms with E-state index in [9.17, 15) is 4.89 Å². The Kier molecular flexibility index (Phi) is 7.25. The molecule has 0 fully saturated rings. The fourth-order valence-corrected chi connectivity index (χ4v) is 10.3. The molecule has 0 saturated heterocycles. The predicted octanol–water partition coefficient (Wildman–Crippen LogP) is 10.5. The minimum Gasteiger partial charge on any atom is -0.497 e. The van der Waals surface area contributed by atoms with Gasteiger partial charge in [0.2, 0.25) is 0 Å². The van der Waals surface area contributed by atoms with Crippen molar-refractivity contribution >= 4 is 51.4 Å².